The van der Waals surface area contributed by atoms with Gasteiger partial charge in [-0.15, -0.1) is 0 Å². The van der Waals surface area contributed by atoms with Crippen LogP contribution in [0.25, 0.3) is 0 Å². The van der Waals surface area contributed by atoms with Gasteiger partial charge in [-0.3, -0.25) is 0 Å². The van der Waals surface area contributed by atoms with Gasteiger partial charge in [-0.25, -0.2) is 0 Å². The Morgan fingerprint density at radius 1 is 1.31 bits per heavy atom. The van der Waals surface area contributed by atoms with Gasteiger partial charge < -0.3 is 4.18 Å². The van der Waals surface area contributed by atoms with Crippen LogP contribution in [0, 0.1) is 6.92 Å². The van der Waals surface area contributed by atoms with Crippen molar-refractivity contribution in [3.05, 3.63) is 28.8 Å². The molecule has 0 unspecified atom stereocenters. The lowest BCUT2D eigenvalue weighted by Crippen LogP contribution is -2.28. The summed E-state index contributed by atoms with van der Waals surface area (Å²) in [6.45, 7) is 1.62. The van der Waals surface area contributed by atoms with Gasteiger partial charge in [0.25, 0.3) is 0 Å². The zero-order chi connectivity index (χ0) is 12.6. The quantitative estimate of drug-likeness (QED) is 0.615. The van der Waals surface area contributed by atoms with Crippen LogP contribution in [-0.4, -0.2) is 13.9 Å². The largest absolute Gasteiger partial charge is 0.534 e. The highest BCUT2D eigenvalue weighted by Gasteiger charge is 2.48. The zero-order valence-corrected chi connectivity index (χ0v) is 9.45. The Kier molecular flexibility index (Phi) is 3.39. The first-order chi connectivity index (χ1) is 7.13. The van der Waals surface area contributed by atoms with Crippen molar-refractivity contribution in [2.75, 3.05) is 0 Å². The highest BCUT2D eigenvalue weighted by atomic mass is 35.5. The minimum atomic E-state index is -5.64. The Morgan fingerprint density at radius 2 is 1.88 bits per heavy atom. The maximum atomic E-state index is 12.0. The van der Waals surface area contributed by atoms with Gasteiger partial charge in [0.15, 0.2) is 0 Å². The fourth-order valence-electron chi connectivity index (χ4n) is 0.799. The molecule has 0 bridgehead atoms. The predicted octanol–water partition coefficient (Wildman–Crippen LogP) is 2.88. The minimum Gasteiger partial charge on any atom is -0.376 e. The number of halogens is 4. The van der Waals surface area contributed by atoms with Crippen LogP contribution in [-0.2, 0) is 10.1 Å². The summed E-state index contributed by atoms with van der Waals surface area (Å²) in [6.07, 6.45) is 0. The second-order valence-electron chi connectivity index (χ2n) is 2.89. The summed E-state index contributed by atoms with van der Waals surface area (Å²) < 4.78 is 61.0. The molecule has 0 N–H and O–H groups in total. The molecule has 3 nitrogen and oxygen atoms in total. The second-order valence-corrected chi connectivity index (χ2v) is 4.84. The Morgan fingerprint density at radius 3 is 2.31 bits per heavy atom. The van der Waals surface area contributed by atoms with E-state index in [0.717, 1.165) is 12.1 Å². The third-order valence-electron chi connectivity index (χ3n) is 1.63. The van der Waals surface area contributed by atoms with Crippen LogP contribution in [0.3, 0.4) is 0 Å². The lowest BCUT2D eigenvalue weighted by molar-refractivity contribution is -0.0500. The molecule has 0 fully saturated rings. The molecule has 8 heteroatoms. The molecule has 0 spiro atoms. The lowest BCUT2D eigenvalue weighted by atomic mass is 10.2. The predicted molar refractivity (Wildman–Crippen MR) is 51.8 cm³/mol. The average Bonchev–Trinajstić information content (AvgIpc) is 2.09. The van der Waals surface area contributed by atoms with Crippen molar-refractivity contribution >= 4 is 21.7 Å². The average molecular weight is 275 g/mol. The number of hydrogen-bond acceptors (Lipinski definition) is 3. The summed E-state index contributed by atoms with van der Waals surface area (Å²) in [5.74, 6) is -0.479. The molecule has 0 amide bonds. The topological polar surface area (TPSA) is 43.4 Å². The van der Waals surface area contributed by atoms with Crippen LogP contribution in [0.15, 0.2) is 18.2 Å². The van der Waals surface area contributed by atoms with Crippen LogP contribution in [0.1, 0.15) is 5.56 Å². The van der Waals surface area contributed by atoms with E-state index < -0.39 is 21.4 Å². The summed E-state index contributed by atoms with van der Waals surface area (Å²) in [6, 6.07) is 3.44. The van der Waals surface area contributed by atoms with Gasteiger partial charge in [0.1, 0.15) is 5.75 Å². The molecule has 0 aliphatic heterocycles. The van der Waals surface area contributed by atoms with E-state index >= 15 is 0 Å². The van der Waals surface area contributed by atoms with E-state index in [1.807, 2.05) is 0 Å². The highest BCUT2D eigenvalue weighted by molar-refractivity contribution is 7.88. The van der Waals surface area contributed by atoms with E-state index in [2.05, 4.69) is 4.18 Å². The van der Waals surface area contributed by atoms with Crippen molar-refractivity contribution in [1.82, 2.24) is 0 Å². The van der Waals surface area contributed by atoms with E-state index in [4.69, 9.17) is 11.6 Å². The monoisotopic (exact) mass is 274 g/mol. The number of hydrogen-bond donors (Lipinski definition) is 0. The third kappa shape index (κ3) is 2.79. The SMILES string of the molecule is Cc1ccc(OS(=O)(=O)C(F)(F)F)cc1Cl. The fraction of sp³-hybridized carbons (Fsp3) is 0.250. The highest BCUT2D eigenvalue weighted by Crippen LogP contribution is 2.29. The Bertz CT molecular complexity index is 496. The summed E-state index contributed by atoms with van der Waals surface area (Å²) in [5, 5.41) is 0.120. The van der Waals surface area contributed by atoms with Crippen molar-refractivity contribution in [3.8, 4) is 5.75 Å². The third-order valence-corrected chi connectivity index (χ3v) is 3.02. The molecule has 0 aromatic heterocycles. The standard InChI is InChI=1S/C8H6ClF3O3S/c1-5-2-3-6(4-7(5)9)15-16(13,14)8(10,11)12/h2-4H,1H3. The molecule has 1 aromatic rings. The van der Waals surface area contributed by atoms with E-state index in [1.54, 1.807) is 6.92 Å². The Hall–Kier alpha value is -0.950. The molecule has 0 saturated carbocycles. The number of aryl methyl sites for hydroxylation is 1. The van der Waals surface area contributed by atoms with Crippen LogP contribution in [0.2, 0.25) is 5.02 Å². The molecule has 0 radical (unpaired) electrons. The number of rotatable bonds is 2. The molecular formula is C8H6ClF3O3S. The van der Waals surface area contributed by atoms with Gasteiger partial charge in [-0.1, -0.05) is 17.7 Å². The number of alkyl halides is 3. The Balaban J connectivity index is 3.03. The first-order valence-corrected chi connectivity index (χ1v) is 5.69. The summed E-state index contributed by atoms with van der Waals surface area (Å²) in [7, 11) is -5.64. The van der Waals surface area contributed by atoms with Crippen molar-refractivity contribution in [3.63, 3.8) is 0 Å². The van der Waals surface area contributed by atoms with Crippen molar-refractivity contribution in [2.45, 2.75) is 12.4 Å². The molecule has 1 rings (SSSR count). The van der Waals surface area contributed by atoms with Crippen LogP contribution in [0.5, 0.6) is 5.75 Å². The Labute approximate surface area is 94.9 Å². The normalized spacial score (nSPS) is 12.6. The van der Waals surface area contributed by atoms with Gasteiger partial charge in [0.2, 0.25) is 0 Å². The van der Waals surface area contributed by atoms with E-state index in [-0.39, 0.29) is 5.02 Å². The molecule has 1 aromatic carbocycles. The maximum Gasteiger partial charge on any atom is 0.534 e. The summed E-state index contributed by atoms with van der Waals surface area (Å²) in [5.41, 5.74) is -4.86. The molecule has 16 heavy (non-hydrogen) atoms. The van der Waals surface area contributed by atoms with E-state index in [1.165, 1.54) is 6.07 Å². The molecule has 0 atom stereocenters. The molecular weight excluding hydrogens is 269 g/mol. The minimum absolute atomic E-state index is 0.120. The fourth-order valence-corrected chi connectivity index (χ4v) is 1.42. The maximum absolute atomic E-state index is 12.0. The van der Waals surface area contributed by atoms with Gasteiger partial charge in [0.05, 0.1) is 0 Å². The van der Waals surface area contributed by atoms with Crippen molar-refractivity contribution in [2.24, 2.45) is 0 Å². The van der Waals surface area contributed by atoms with Crippen LogP contribution >= 0.6 is 11.6 Å². The van der Waals surface area contributed by atoms with Gasteiger partial charge in [-0.2, -0.15) is 21.6 Å². The van der Waals surface area contributed by atoms with Crippen LogP contribution in [0.4, 0.5) is 13.2 Å². The van der Waals surface area contributed by atoms with E-state index in [9.17, 15) is 21.6 Å². The first kappa shape index (κ1) is 13.1. The summed E-state index contributed by atoms with van der Waals surface area (Å²) >= 11 is 5.60. The van der Waals surface area contributed by atoms with Gasteiger partial charge >= 0.3 is 15.6 Å². The molecule has 0 heterocycles. The molecule has 0 aliphatic carbocycles. The summed E-state index contributed by atoms with van der Waals surface area (Å²) in [4.78, 5) is 0. The molecule has 0 aliphatic rings. The number of benzene rings is 1. The molecule has 90 valence electrons. The van der Waals surface area contributed by atoms with Gasteiger partial charge in [0, 0.05) is 11.1 Å². The van der Waals surface area contributed by atoms with E-state index in [0.29, 0.717) is 5.56 Å². The smallest absolute Gasteiger partial charge is 0.376 e. The van der Waals surface area contributed by atoms with Crippen molar-refractivity contribution < 1.29 is 25.8 Å². The first-order valence-electron chi connectivity index (χ1n) is 3.90. The molecule has 0 saturated heterocycles. The second kappa shape index (κ2) is 4.14. The van der Waals surface area contributed by atoms with Crippen LogP contribution < -0.4 is 4.18 Å². The van der Waals surface area contributed by atoms with Gasteiger partial charge in [-0.05, 0) is 18.6 Å². The zero-order valence-electron chi connectivity index (χ0n) is 7.88. The lowest BCUT2D eigenvalue weighted by Gasteiger charge is -2.09. The van der Waals surface area contributed by atoms with Crippen molar-refractivity contribution in [1.29, 1.82) is 0 Å².